The fourth-order valence-electron chi connectivity index (χ4n) is 1.00. The van der Waals surface area contributed by atoms with Gasteiger partial charge in [0.25, 0.3) is 0 Å². The number of hydrogen-bond donors (Lipinski definition) is 0. The molecule has 0 N–H and O–H groups in total. The second kappa shape index (κ2) is 4.78. The van der Waals surface area contributed by atoms with Gasteiger partial charge in [-0.25, -0.2) is 0 Å². The fraction of sp³-hybridized carbons (Fsp3) is 0.333. The molecule has 0 bridgehead atoms. The molecule has 1 aliphatic carbocycles. The van der Waals surface area contributed by atoms with Gasteiger partial charge in [-0.15, -0.1) is 0 Å². The largest absolute Gasteiger partial charge is 0.293 e. The number of allylic oxidation sites excluding steroid dienone is 4. The van der Waals surface area contributed by atoms with Gasteiger partial charge in [0.1, 0.15) is 5.40 Å². The molecular weight excluding hydrogens is 170 g/mol. The predicted octanol–water partition coefficient (Wildman–Crippen LogP) is 2.05. The van der Waals surface area contributed by atoms with Crippen LogP contribution in [0.15, 0.2) is 23.8 Å². The summed E-state index contributed by atoms with van der Waals surface area (Å²) in [6.45, 7) is 0. The lowest BCUT2D eigenvalue weighted by molar-refractivity contribution is -0.112. The third kappa shape index (κ3) is 2.55. The Hall–Kier alpha value is -1.01. The minimum absolute atomic E-state index is 0.0532. The number of carbonyl (C=O) groups excluding carboxylic acids is 1. The Kier molecular flexibility index (Phi) is 3.62. The molecule has 0 atom stereocenters. The second-order valence-electron chi connectivity index (χ2n) is 2.44. The summed E-state index contributed by atoms with van der Waals surface area (Å²) in [5.74, 6) is 0.324. The molecule has 62 valence electrons. The minimum Gasteiger partial charge on any atom is -0.293 e. The third-order valence-corrected chi connectivity index (χ3v) is 2.12. The van der Waals surface area contributed by atoms with Crippen molar-refractivity contribution in [1.29, 1.82) is 5.26 Å². The lowest BCUT2D eigenvalue weighted by Gasteiger charge is -2.03. The van der Waals surface area contributed by atoms with E-state index in [-0.39, 0.29) is 11.5 Å². The summed E-state index contributed by atoms with van der Waals surface area (Å²) in [7, 11) is 0. The van der Waals surface area contributed by atoms with Crippen molar-refractivity contribution in [2.45, 2.75) is 12.8 Å². The van der Waals surface area contributed by atoms with E-state index >= 15 is 0 Å². The van der Waals surface area contributed by atoms with Crippen molar-refractivity contribution in [1.82, 2.24) is 0 Å². The van der Waals surface area contributed by atoms with Crippen LogP contribution in [-0.4, -0.2) is 11.5 Å². The van der Waals surface area contributed by atoms with Gasteiger partial charge >= 0.3 is 0 Å². The van der Waals surface area contributed by atoms with Gasteiger partial charge in [0.15, 0.2) is 5.78 Å². The number of carbonyl (C=O) groups is 1. The maximum absolute atomic E-state index is 11.3. The summed E-state index contributed by atoms with van der Waals surface area (Å²) in [4.78, 5) is 11.3. The summed E-state index contributed by atoms with van der Waals surface area (Å²) in [5, 5.41) is 10.1. The Morgan fingerprint density at radius 1 is 1.67 bits per heavy atom. The summed E-state index contributed by atoms with van der Waals surface area (Å²) in [5.41, 5.74) is 0.754. The van der Waals surface area contributed by atoms with Crippen LogP contribution in [0.25, 0.3) is 0 Å². The topological polar surface area (TPSA) is 40.9 Å². The molecule has 1 aliphatic rings. The standard InChI is InChI=1S/C9H9NOS/c10-7-12-6-9(11)8-4-2-1-3-5-8/h2,4-5H,1,3,6H2. The Labute approximate surface area is 76.0 Å². The normalized spacial score (nSPS) is 15.1. The zero-order chi connectivity index (χ0) is 8.81. The number of hydrogen-bond acceptors (Lipinski definition) is 3. The Balaban J connectivity index is 2.47. The molecule has 0 amide bonds. The maximum atomic E-state index is 11.3. The van der Waals surface area contributed by atoms with E-state index in [1.807, 2.05) is 23.6 Å². The molecule has 0 aliphatic heterocycles. The van der Waals surface area contributed by atoms with Crippen LogP contribution < -0.4 is 0 Å². The molecule has 1 rings (SSSR count). The van der Waals surface area contributed by atoms with E-state index in [1.165, 1.54) is 0 Å². The van der Waals surface area contributed by atoms with Gasteiger partial charge in [0.05, 0.1) is 5.75 Å². The third-order valence-electron chi connectivity index (χ3n) is 1.58. The first-order chi connectivity index (χ1) is 5.84. The summed E-state index contributed by atoms with van der Waals surface area (Å²) in [6.07, 6.45) is 7.71. The highest BCUT2D eigenvalue weighted by atomic mass is 32.2. The highest BCUT2D eigenvalue weighted by Crippen LogP contribution is 2.12. The molecular formula is C9H9NOS. The first-order valence-corrected chi connectivity index (χ1v) is 4.74. The zero-order valence-corrected chi connectivity index (χ0v) is 7.43. The van der Waals surface area contributed by atoms with Gasteiger partial charge in [0, 0.05) is 5.57 Å². The quantitative estimate of drug-likeness (QED) is 0.622. The molecule has 0 fully saturated rings. The summed E-state index contributed by atoms with van der Waals surface area (Å²) < 4.78 is 0. The van der Waals surface area contributed by atoms with Crippen LogP contribution in [0.3, 0.4) is 0 Å². The van der Waals surface area contributed by atoms with Gasteiger partial charge < -0.3 is 0 Å². The van der Waals surface area contributed by atoms with Crippen molar-refractivity contribution in [3.63, 3.8) is 0 Å². The molecule has 0 saturated carbocycles. The van der Waals surface area contributed by atoms with E-state index in [4.69, 9.17) is 5.26 Å². The molecule has 0 saturated heterocycles. The monoisotopic (exact) mass is 179 g/mol. The predicted molar refractivity (Wildman–Crippen MR) is 49.5 cm³/mol. The highest BCUT2D eigenvalue weighted by molar-refractivity contribution is 8.04. The van der Waals surface area contributed by atoms with Crippen LogP contribution in [0.1, 0.15) is 12.8 Å². The van der Waals surface area contributed by atoms with Gasteiger partial charge in [-0.2, -0.15) is 5.26 Å². The van der Waals surface area contributed by atoms with Crippen molar-refractivity contribution >= 4 is 17.5 Å². The first-order valence-electron chi connectivity index (χ1n) is 3.75. The number of nitriles is 1. The molecule has 0 aromatic rings. The smallest absolute Gasteiger partial charge is 0.173 e. The van der Waals surface area contributed by atoms with Crippen molar-refractivity contribution in [2.75, 3.05) is 5.75 Å². The van der Waals surface area contributed by atoms with Crippen LogP contribution in [-0.2, 0) is 4.79 Å². The van der Waals surface area contributed by atoms with E-state index in [1.54, 1.807) is 0 Å². The number of Topliss-reactive ketones (excluding diaryl/α,β-unsaturated/α-hetero) is 1. The number of thiocyanates is 1. The fourth-order valence-corrected chi connectivity index (χ4v) is 1.36. The van der Waals surface area contributed by atoms with Crippen molar-refractivity contribution < 1.29 is 4.79 Å². The summed E-state index contributed by atoms with van der Waals surface area (Å²) >= 11 is 0.991. The molecule has 0 heterocycles. The minimum atomic E-state index is 0.0532. The van der Waals surface area contributed by atoms with E-state index in [0.717, 1.165) is 30.2 Å². The van der Waals surface area contributed by atoms with E-state index in [9.17, 15) is 4.79 Å². The van der Waals surface area contributed by atoms with Gasteiger partial charge in [-0.3, -0.25) is 4.79 Å². The van der Waals surface area contributed by atoms with Gasteiger partial charge in [-0.1, -0.05) is 18.2 Å². The molecule has 0 aromatic carbocycles. The number of ketones is 1. The molecule has 0 aromatic heterocycles. The lowest BCUT2D eigenvalue weighted by Crippen LogP contribution is -2.04. The average Bonchev–Trinajstić information content (AvgIpc) is 2.15. The van der Waals surface area contributed by atoms with Crippen LogP contribution in [0.4, 0.5) is 0 Å². The number of thioether (sulfide) groups is 1. The number of rotatable bonds is 3. The molecule has 2 nitrogen and oxygen atoms in total. The van der Waals surface area contributed by atoms with E-state index < -0.39 is 0 Å². The first kappa shape index (κ1) is 9.08. The molecule has 12 heavy (non-hydrogen) atoms. The van der Waals surface area contributed by atoms with Crippen molar-refractivity contribution in [3.05, 3.63) is 23.8 Å². The molecule has 0 spiro atoms. The van der Waals surface area contributed by atoms with Crippen LogP contribution in [0, 0.1) is 10.7 Å². The molecule has 0 radical (unpaired) electrons. The van der Waals surface area contributed by atoms with Gasteiger partial charge in [0.2, 0.25) is 0 Å². The highest BCUT2D eigenvalue weighted by Gasteiger charge is 2.07. The Bertz CT molecular complexity index is 273. The molecule has 3 heteroatoms. The lowest BCUT2D eigenvalue weighted by atomic mass is 10.0. The maximum Gasteiger partial charge on any atom is 0.173 e. The Morgan fingerprint density at radius 2 is 2.50 bits per heavy atom. The average molecular weight is 179 g/mol. The molecule has 0 unspecified atom stereocenters. The zero-order valence-electron chi connectivity index (χ0n) is 6.62. The number of nitrogens with zero attached hydrogens (tertiary/aromatic N) is 1. The Morgan fingerprint density at radius 3 is 3.08 bits per heavy atom. The van der Waals surface area contributed by atoms with E-state index in [2.05, 4.69) is 0 Å². The van der Waals surface area contributed by atoms with Crippen LogP contribution in [0.5, 0.6) is 0 Å². The van der Waals surface area contributed by atoms with Crippen LogP contribution >= 0.6 is 11.8 Å². The second-order valence-corrected chi connectivity index (χ2v) is 3.20. The summed E-state index contributed by atoms with van der Waals surface area (Å²) in [6, 6.07) is 0. The van der Waals surface area contributed by atoms with Crippen molar-refractivity contribution in [2.24, 2.45) is 0 Å². The van der Waals surface area contributed by atoms with Crippen LogP contribution in [0.2, 0.25) is 0 Å². The van der Waals surface area contributed by atoms with Gasteiger partial charge in [-0.05, 0) is 24.6 Å². The van der Waals surface area contributed by atoms with Crippen molar-refractivity contribution in [3.8, 4) is 5.40 Å². The van der Waals surface area contributed by atoms with E-state index in [0.29, 0.717) is 0 Å². The SMILES string of the molecule is N#CSCC(=O)C1=CCCC=C1.